The van der Waals surface area contributed by atoms with E-state index >= 15 is 0 Å². The predicted octanol–water partition coefficient (Wildman–Crippen LogP) is 5.23. The molecule has 4 atom stereocenters. The highest BCUT2D eigenvalue weighted by Gasteiger charge is 2.60. The number of hydrogen-bond acceptors (Lipinski definition) is 6. The number of ether oxygens (including phenoxy) is 1. The number of aryl methyl sites for hydroxylation is 1. The van der Waals surface area contributed by atoms with Crippen LogP contribution in [0.4, 0.5) is 5.69 Å². The van der Waals surface area contributed by atoms with E-state index in [0.717, 1.165) is 11.1 Å². The average Bonchev–Trinajstić information content (AvgIpc) is 3.24. The SMILES string of the molecule is COC(=O)[C@]1(CC(C)C)N[C@H](c2ccccc2)N([S@@](=O)c2ccc(C)cc2)[C@@H]1c1ccc([N+](=O)[O-])cc1. The van der Waals surface area contributed by atoms with Gasteiger partial charge < -0.3 is 4.74 Å². The molecule has 0 amide bonds. The van der Waals surface area contributed by atoms with Gasteiger partial charge in [0, 0.05) is 12.1 Å². The highest BCUT2D eigenvalue weighted by atomic mass is 32.2. The largest absolute Gasteiger partial charge is 0.468 e. The second-order valence-corrected chi connectivity index (χ2v) is 11.1. The number of benzene rings is 3. The molecule has 0 bridgehead atoms. The average molecular weight is 522 g/mol. The number of nitrogens with zero attached hydrogens (tertiary/aromatic N) is 2. The minimum absolute atomic E-state index is 0.0620. The van der Waals surface area contributed by atoms with Crippen LogP contribution in [0.1, 0.15) is 49.2 Å². The van der Waals surface area contributed by atoms with Crippen molar-refractivity contribution in [2.45, 2.75) is 49.8 Å². The van der Waals surface area contributed by atoms with Gasteiger partial charge in [0.25, 0.3) is 5.69 Å². The van der Waals surface area contributed by atoms with Crippen LogP contribution in [-0.4, -0.2) is 32.1 Å². The van der Waals surface area contributed by atoms with Crippen molar-refractivity contribution >= 4 is 22.6 Å². The van der Waals surface area contributed by atoms with Crippen molar-refractivity contribution in [2.75, 3.05) is 7.11 Å². The highest BCUT2D eigenvalue weighted by Crippen LogP contribution is 2.49. The summed E-state index contributed by atoms with van der Waals surface area (Å²) in [5, 5.41) is 14.9. The number of methoxy groups -OCH3 is 1. The number of nitro benzene ring substituents is 1. The van der Waals surface area contributed by atoms with Crippen molar-refractivity contribution in [3.63, 3.8) is 0 Å². The fourth-order valence-electron chi connectivity index (χ4n) is 5.05. The lowest BCUT2D eigenvalue weighted by molar-refractivity contribution is -0.384. The molecular formula is C28H31N3O5S. The number of nitrogens with one attached hydrogen (secondary N) is 1. The molecule has 1 heterocycles. The summed E-state index contributed by atoms with van der Waals surface area (Å²) in [6, 6.07) is 22.3. The van der Waals surface area contributed by atoms with E-state index < -0.39 is 39.6 Å². The Morgan fingerprint density at radius 2 is 1.68 bits per heavy atom. The molecule has 1 saturated heterocycles. The van der Waals surface area contributed by atoms with Crippen LogP contribution in [0.3, 0.4) is 0 Å². The summed E-state index contributed by atoms with van der Waals surface area (Å²) in [5.41, 5.74) is 1.18. The minimum atomic E-state index is -1.69. The molecule has 0 saturated carbocycles. The monoisotopic (exact) mass is 521 g/mol. The minimum Gasteiger partial charge on any atom is -0.468 e. The summed E-state index contributed by atoms with van der Waals surface area (Å²) >= 11 is 0. The summed E-state index contributed by atoms with van der Waals surface area (Å²) < 4.78 is 21.5. The molecule has 0 spiro atoms. The fourth-order valence-corrected chi connectivity index (χ4v) is 6.52. The Kier molecular flexibility index (Phi) is 7.87. The first-order chi connectivity index (χ1) is 17.7. The smallest absolute Gasteiger partial charge is 0.328 e. The zero-order valence-electron chi connectivity index (χ0n) is 21.3. The summed E-state index contributed by atoms with van der Waals surface area (Å²) in [6.07, 6.45) is -0.201. The number of carbonyl (C=O) groups is 1. The van der Waals surface area contributed by atoms with Crippen molar-refractivity contribution in [1.29, 1.82) is 0 Å². The maximum atomic E-state index is 14.3. The standard InChI is InChI=1S/C28H31N3O5S/c1-19(2)18-28(27(32)36-4)25(21-12-14-23(15-13-21)31(33)34)30(26(29-28)22-8-6-5-7-9-22)37(35)24-16-10-20(3)11-17-24/h5-17,19,25-26,29H,18H2,1-4H3/t25-,26+,28-,37+/m1/s1. The number of esters is 1. The number of rotatable bonds is 8. The molecule has 0 unspecified atom stereocenters. The van der Waals surface area contributed by atoms with Gasteiger partial charge in [-0.1, -0.05) is 74.0 Å². The Hall–Kier alpha value is -3.40. The Labute approximate surface area is 219 Å². The molecule has 194 valence electrons. The third-order valence-corrected chi connectivity index (χ3v) is 8.08. The van der Waals surface area contributed by atoms with E-state index in [9.17, 15) is 19.1 Å². The van der Waals surface area contributed by atoms with Crippen molar-refractivity contribution in [1.82, 2.24) is 9.62 Å². The normalized spacial score (nSPS) is 22.6. The third-order valence-electron chi connectivity index (χ3n) is 6.60. The van der Waals surface area contributed by atoms with Crippen LogP contribution >= 0.6 is 0 Å². The first-order valence-corrected chi connectivity index (χ1v) is 13.2. The molecule has 3 aromatic rings. The van der Waals surface area contributed by atoms with Crippen LogP contribution in [0.15, 0.2) is 83.8 Å². The number of nitro groups is 1. The predicted molar refractivity (Wildman–Crippen MR) is 142 cm³/mol. The molecule has 0 radical (unpaired) electrons. The molecule has 3 aromatic carbocycles. The van der Waals surface area contributed by atoms with Crippen molar-refractivity contribution in [3.8, 4) is 0 Å². The van der Waals surface area contributed by atoms with Gasteiger partial charge in [0.1, 0.15) is 16.5 Å². The summed E-state index contributed by atoms with van der Waals surface area (Å²) in [5.74, 6) is -0.398. The van der Waals surface area contributed by atoms with Crippen LogP contribution in [0.5, 0.6) is 0 Å². The Bertz CT molecular complexity index is 1280. The van der Waals surface area contributed by atoms with Gasteiger partial charge in [0.05, 0.1) is 29.1 Å². The number of carbonyl (C=O) groups excluding carboxylic acids is 1. The van der Waals surface area contributed by atoms with E-state index in [4.69, 9.17) is 4.74 Å². The van der Waals surface area contributed by atoms with E-state index in [1.54, 1.807) is 16.4 Å². The molecule has 9 heteroatoms. The summed E-state index contributed by atoms with van der Waals surface area (Å²) in [7, 11) is -0.350. The van der Waals surface area contributed by atoms with Gasteiger partial charge in [-0.2, -0.15) is 4.31 Å². The van der Waals surface area contributed by atoms with Gasteiger partial charge in [0.15, 0.2) is 0 Å². The third kappa shape index (κ3) is 5.20. The lowest BCUT2D eigenvalue weighted by atomic mass is 9.80. The van der Waals surface area contributed by atoms with E-state index in [2.05, 4.69) is 5.32 Å². The second kappa shape index (κ2) is 10.9. The van der Waals surface area contributed by atoms with Gasteiger partial charge in [-0.15, -0.1) is 0 Å². The van der Waals surface area contributed by atoms with E-state index in [0.29, 0.717) is 16.9 Å². The summed E-state index contributed by atoms with van der Waals surface area (Å²) in [4.78, 5) is 25.1. The van der Waals surface area contributed by atoms with Gasteiger partial charge in [-0.05, 0) is 42.5 Å². The van der Waals surface area contributed by atoms with E-state index in [1.165, 1.54) is 19.2 Å². The lowest BCUT2D eigenvalue weighted by Crippen LogP contribution is -2.53. The first kappa shape index (κ1) is 26.7. The molecule has 0 aliphatic carbocycles. The summed E-state index contributed by atoms with van der Waals surface area (Å²) in [6.45, 7) is 5.98. The van der Waals surface area contributed by atoms with Gasteiger partial charge in [0.2, 0.25) is 0 Å². The van der Waals surface area contributed by atoms with Gasteiger partial charge >= 0.3 is 5.97 Å². The van der Waals surface area contributed by atoms with Crippen LogP contribution < -0.4 is 5.32 Å². The van der Waals surface area contributed by atoms with Gasteiger partial charge in [-0.3, -0.25) is 15.4 Å². The number of hydrogen-bond donors (Lipinski definition) is 1. The fraction of sp³-hybridized carbons (Fsp3) is 0.321. The molecular weight excluding hydrogens is 490 g/mol. The molecule has 4 rings (SSSR count). The van der Waals surface area contributed by atoms with E-state index in [-0.39, 0.29) is 11.6 Å². The Balaban J connectivity index is 1.97. The topological polar surface area (TPSA) is 102 Å². The van der Waals surface area contributed by atoms with Crippen molar-refractivity contribution < 1.29 is 18.7 Å². The first-order valence-electron chi connectivity index (χ1n) is 12.1. The molecule has 37 heavy (non-hydrogen) atoms. The second-order valence-electron chi connectivity index (χ2n) is 9.69. The highest BCUT2D eigenvalue weighted by molar-refractivity contribution is 7.82. The van der Waals surface area contributed by atoms with Crippen LogP contribution in [-0.2, 0) is 20.5 Å². The van der Waals surface area contributed by atoms with E-state index in [1.807, 2.05) is 75.4 Å². The van der Waals surface area contributed by atoms with Crippen molar-refractivity contribution in [2.24, 2.45) is 5.92 Å². The quantitative estimate of drug-likeness (QED) is 0.247. The molecule has 1 fully saturated rings. The lowest BCUT2D eigenvalue weighted by Gasteiger charge is -2.36. The van der Waals surface area contributed by atoms with Crippen LogP contribution in [0.25, 0.3) is 0 Å². The molecule has 0 aromatic heterocycles. The molecule has 1 N–H and O–H groups in total. The number of non-ortho nitro benzene ring substituents is 1. The zero-order chi connectivity index (χ0) is 26.7. The molecule has 1 aliphatic rings. The van der Waals surface area contributed by atoms with Gasteiger partial charge in [-0.25, -0.2) is 9.00 Å². The Morgan fingerprint density at radius 3 is 2.22 bits per heavy atom. The molecule has 8 nitrogen and oxygen atoms in total. The maximum Gasteiger partial charge on any atom is 0.328 e. The van der Waals surface area contributed by atoms with Crippen LogP contribution in [0.2, 0.25) is 0 Å². The maximum absolute atomic E-state index is 14.3. The molecule has 1 aliphatic heterocycles. The zero-order valence-corrected chi connectivity index (χ0v) is 22.1. The Morgan fingerprint density at radius 1 is 1.05 bits per heavy atom. The van der Waals surface area contributed by atoms with Crippen LogP contribution in [0, 0.1) is 23.0 Å². The van der Waals surface area contributed by atoms with Crippen molar-refractivity contribution in [3.05, 3.63) is 106 Å².